The van der Waals surface area contributed by atoms with Crippen LogP contribution in [-0.2, 0) is 6.42 Å². The molecule has 18 heavy (non-hydrogen) atoms. The van der Waals surface area contributed by atoms with Crippen LogP contribution >= 0.6 is 0 Å². The van der Waals surface area contributed by atoms with E-state index >= 15 is 0 Å². The van der Waals surface area contributed by atoms with Crippen molar-refractivity contribution in [2.75, 3.05) is 6.54 Å². The minimum absolute atomic E-state index is 0.0989. The van der Waals surface area contributed by atoms with Crippen LogP contribution in [0.4, 0.5) is 4.39 Å². The lowest BCUT2D eigenvalue weighted by molar-refractivity contribution is 0.363. The third-order valence-corrected chi connectivity index (χ3v) is 4.45. The molecule has 0 bridgehead atoms. The summed E-state index contributed by atoms with van der Waals surface area (Å²) in [6, 6.07) is 7.93. The van der Waals surface area contributed by atoms with Crippen LogP contribution in [0.25, 0.3) is 0 Å². The molecule has 1 aromatic rings. The van der Waals surface area contributed by atoms with E-state index in [0.717, 1.165) is 24.3 Å². The monoisotopic (exact) mass is 247 g/mol. The van der Waals surface area contributed by atoms with Crippen LogP contribution in [0.5, 0.6) is 0 Å². The van der Waals surface area contributed by atoms with Crippen LogP contribution in [0.3, 0.4) is 0 Å². The molecule has 2 aliphatic carbocycles. The number of halogens is 1. The van der Waals surface area contributed by atoms with Crippen molar-refractivity contribution in [2.45, 2.75) is 44.6 Å². The van der Waals surface area contributed by atoms with E-state index in [1.54, 1.807) is 6.07 Å². The van der Waals surface area contributed by atoms with Gasteiger partial charge in [0, 0.05) is 6.04 Å². The fraction of sp³-hybridized carbons (Fsp3) is 0.625. The van der Waals surface area contributed by atoms with Crippen molar-refractivity contribution < 1.29 is 4.39 Å². The Labute approximate surface area is 109 Å². The zero-order valence-corrected chi connectivity index (χ0v) is 10.9. The minimum Gasteiger partial charge on any atom is -0.314 e. The highest BCUT2D eigenvalue weighted by molar-refractivity contribution is 5.17. The smallest absolute Gasteiger partial charge is 0.123 e. The van der Waals surface area contributed by atoms with Crippen molar-refractivity contribution in [2.24, 2.45) is 11.8 Å². The molecule has 0 amide bonds. The van der Waals surface area contributed by atoms with Gasteiger partial charge in [-0.2, -0.15) is 0 Å². The maximum atomic E-state index is 13.2. The molecule has 1 aromatic carbocycles. The summed E-state index contributed by atoms with van der Waals surface area (Å²) in [5.41, 5.74) is 1.17. The van der Waals surface area contributed by atoms with Gasteiger partial charge in [-0.15, -0.1) is 0 Å². The largest absolute Gasteiger partial charge is 0.314 e. The van der Waals surface area contributed by atoms with Crippen molar-refractivity contribution in [3.63, 3.8) is 0 Å². The lowest BCUT2D eigenvalue weighted by Gasteiger charge is -2.20. The molecule has 3 rings (SSSR count). The quantitative estimate of drug-likeness (QED) is 0.839. The van der Waals surface area contributed by atoms with Gasteiger partial charge < -0.3 is 5.32 Å². The topological polar surface area (TPSA) is 12.0 Å². The van der Waals surface area contributed by atoms with Gasteiger partial charge in [-0.05, 0) is 68.2 Å². The first kappa shape index (κ1) is 12.2. The lowest BCUT2D eigenvalue weighted by atomic mass is 9.89. The molecule has 0 heterocycles. The number of nitrogens with one attached hydrogen (secondary N) is 1. The lowest BCUT2D eigenvalue weighted by Crippen LogP contribution is -2.27. The van der Waals surface area contributed by atoms with Gasteiger partial charge in [0.05, 0.1) is 0 Å². The predicted molar refractivity (Wildman–Crippen MR) is 72.0 cm³/mol. The SMILES string of the molecule is Fc1cccc(CC2CCCC2CNC2CC2)c1. The molecule has 2 saturated carbocycles. The first-order valence-corrected chi connectivity index (χ1v) is 7.29. The van der Waals surface area contributed by atoms with Crippen LogP contribution in [0.1, 0.15) is 37.7 Å². The summed E-state index contributed by atoms with van der Waals surface area (Å²) < 4.78 is 13.2. The van der Waals surface area contributed by atoms with Gasteiger partial charge in [-0.3, -0.25) is 0 Å². The van der Waals surface area contributed by atoms with Crippen LogP contribution in [0.2, 0.25) is 0 Å². The summed E-state index contributed by atoms with van der Waals surface area (Å²) in [6.45, 7) is 1.17. The highest BCUT2D eigenvalue weighted by Crippen LogP contribution is 2.34. The van der Waals surface area contributed by atoms with Gasteiger partial charge in [-0.25, -0.2) is 4.39 Å². The standard InChI is InChI=1S/C16H22FN/c17-15-6-1-3-12(10-15)9-13-4-2-5-14(13)11-18-16-7-8-16/h1,3,6,10,13-14,16,18H,2,4-5,7-9,11H2. The summed E-state index contributed by atoms with van der Waals surface area (Å²) in [5, 5.41) is 3.65. The van der Waals surface area contributed by atoms with Gasteiger partial charge in [0.1, 0.15) is 5.82 Å². The molecule has 1 N–H and O–H groups in total. The first-order chi connectivity index (χ1) is 8.81. The molecule has 0 aliphatic heterocycles. The van der Waals surface area contributed by atoms with E-state index in [-0.39, 0.29) is 5.82 Å². The molecule has 0 saturated heterocycles. The molecule has 0 aromatic heterocycles. The van der Waals surface area contributed by atoms with E-state index in [9.17, 15) is 4.39 Å². The summed E-state index contributed by atoms with van der Waals surface area (Å²) in [5.74, 6) is 1.45. The summed E-state index contributed by atoms with van der Waals surface area (Å²) in [4.78, 5) is 0. The number of hydrogen-bond acceptors (Lipinski definition) is 1. The Morgan fingerprint density at radius 3 is 2.72 bits per heavy atom. The number of benzene rings is 1. The zero-order chi connectivity index (χ0) is 12.4. The van der Waals surface area contributed by atoms with Crippen molar-refractivity contribution in [1.82, 2.24) is 5.32 Å². The second-order valence-corrected chi connectivity index (χ2v) is 5.97. The minimum atomic E-state index is -0.0989. The summed E-state index contributed by atoms with van der Waals surface area (Å²) >= 11 is 0. The Kier molecular flexibility index (Phi) is 3.64. The van der Waals surface area contributed by atoms with Crippen molar-refractivity contribution in [1.29, 1.82) is 0 Å². The Bertz CT molecular complexity index is 400. The van der Waals surface area contributed by atoms with Gasteiger partial charge in [-0.1, -0.05) is 18.6 Å². The van der Waals surface area contributed by atoms with Gasteiger partial charge in [0.2, 0.25) is 0 Å². The van der Waals surface area contributed by atoms with E-state index in [1.165, 1.54) is 50.3 Å². The molecule has 2 fully saturated rings. The molecular formula is C16H22FN. The average molecular weight is 247 g/mol. The van der Waals surface area contributed by atoms with Crippen molar-refractivity contribution in [3.8, 4) is 0 Å². The Hall–Kier alpha value is -0.890. The van der Waals surface area contributed by atoms with Gasteiger partial charge in [0.15, 0.2) is 0 Å². The highest BCUT2D eigenvalue weighted by atomic mass is 19.1. The van der Waals surface area contributed by atoms with Crippen molar-refractivity contribution >= 4 is 0 Å². The molecule has 2 heteroatoms. The maximum Gasteiger partial charge on any atom is 0.123 e. The second kappa shape index (κ2) is 5.40. The fourth-order valence-electron chi connectivity index (χ4n) is 3.22. The first-order valence-electron chi connectivity index (χ1n) is 7.29. The number of rotatable bonds is 5. The van der Waals surface area contributed by atoms with E-state index in [1.807, 2.05) is 6.07 Å². The predicted octanol–water partition coefficient (Wildman–Crippen LogP) is 3.54. The zero-order valence-electron chi connectivity index (χ0n) is 10.9. The van der Waals surface area contributed by atoms with E-state index in [2.05, 4.69) is 11.4 Å². The molecule has 2 aliphatic rings. The summed E-state index contributed by atoms with van der Waals surface area (Å²) in [6.07, 6.45) is 7.78. The molecule has 0 spiro atoms. The van der Waals surface area contributed by atoms with Gasteiger partial charge in [0.25, 0.3) is 0 Å². The van der Waals surface area contributed by atoms with E-state index in [0.29, 0.717) is 0 Å². The normalized spacial score (nSPS) is 27.6. The Morgan fingerprint density at radius 2 is 1.94 bits per heavy atom. The van der Waals surface area contributed by atoms with Crippen molar-refractivity contribution in [3.05, 3.63) is 35.6 Å². The molecule has 2 atom stereocenters. The Morgan fingerprint density at radius 1 is 1.11 bits per heavy atom. The summed E-state index contributed by atoms with van der Waals surface area (Å²) in [7, 11) is 0. The highest BCUT2D eigenvalue weighted by Gasteiger charge is 2.29. The maximum absolute atomic E-state index is 13.2. The molecule has 2 unspecified atom stereocenters. The molecule has 98 valence electrons. The average Bonchev–Trinajstić information content (AvgIpc) is 3.08. The van der Waals surface area contributed by atoms with Crippen LogP contribution in [-0.4, -0.2) is 12.6 Å². The van der Waals surface area contributed by atoms with Crippen LogP contribution < -0.4 is 5.32 Å². The van der Waals surface area contributed by atoms with E-state index < -0.39 is 0 Å². The number of hydrogen-bond donors (Lipinski definition) is 1. The molecular weight excluding hydrogens is 225 g/mol. The third-order valence-electron chi connectivity index (χ3n) is 4.45. The van der Waals surface area contributed by atoms with E-state index in [4.69, 9.17) is 0 Å². The molecule has 0 radical (unpaired) electrons. The Balaban J connectivity index is 1.56. The molecule has 1 nitrogen and oxygen atoms in total. The van der Waals surface area contributed by atoms with Gasteiger partial charge >= 0.3 is 0 Å². The van der Waals surface area contributed by atoms with Crippen LogP contribution in [0, 0.1) is 17.7 Å². The second-order valence-electron chi connectivity index (χ2n) is 5.97. The third kappa shape index (κ3) is 3.11. The van der Waals surface area contributed by atoms with Crippen LogP contribution in [0.15, 0.2) is 24.3 Å². The fourth-order valence-corrected chi connectivity index (χ4v) is 3.22.